The van der Waals surface area contributed by atoms with Crippen molar-refractivity contribution in [3.05, 3.63) is 53.4 Å². The zero-order valence-electron chi connectivity index (χ0n) is 10.3. The van der Waals surface area contributed by atoms with Gasteiger partial charge in [-0.25, -0.2) is 0 Å². The van der Waals surface area contributed by atoms with E-state index < -0.39 is 0 Å². The normalized spacial score (nSPS) is 12.2. The number of hydrogen-bond acceptors (Lipinski definition) is 4. The lowest BCUT2D eigenvalue weighted by Crippen LogP contribution is -2.01. The number of pyridine rings is 1. The number of aromatic nitrogens is 1. The average molecular weight is 236 g/mol. The van der Waals surface area contributed by atoms with Crippen molar-refractivity contribution in [2.75, 3.05) is 7.05 Å². The molecule has 1 heterocycles. The molecule has 4 heteroatoms. The van der Waals surface area contributed by atoms with Crippen LogP contribution in [0.25, 0.3) is 0 Å². The third-order valence-electron chi connectivity index (χ3n) is 2.16. The predicted molar refractivity (Wildman–Crippen MR) is 69.9 cm³/mol. The second-order valence-corrected chi connectivity index (χ2v) is 3.36. The minimum absolute atomic E-state index is 0.488. The first-order valence-corrected chi connectivity index (χ1v) is 5.33. The summed E-state index contributed by atoms with van der Waals surface area (Å²) in [6, 6.07) is 7.38. The Kier molecular flexibility index (Phi) is 5.02. The first kappa shape index (κ1) is 13.3. The monoisotopic (exact) mass is 236 g/mol. The molecule has 0 amide bonds. The summed E-state index contributed by atoms with van der Waals surface area (Å²) in [6.45, 7) is 1.84. The summed E-state index contributed by atoms with van der Waals surface area (Å²) >= 11 is 0. The van der Waals surface area contributed by atoms with Crippen molar-refractivity contribution in [1.82, 2.24) is 4.98 Å². The maximum absolute atomic E-state index is 8.95. The number of hydrogen-bond donors (Lipinski definition) is 0. The lowest BCUT2D eigenvalue weighted by Gasteiger charge is -2.00. The zero-order valence-corrected chi connectivity index (χ0v) is 10.3. The van der Waals surface area contributed by atoms with E-state index in [1.807, 2.05) is 13.0 Å². The van der Waals surface area contributed by atoms with Crippen LogP contribution in [0.2, 0.25) is 0 Å². The van der Waals surface area contributed by atoms with Gasteiger partial charge >= 0.3 is 0 Å². The summed E-state index contributed by atoms with van der Waals surface area (Å²) in [5, 5.41) is 17.8. The van der Waals surface area contributed by atoms with Crippen molar-refractivity contribution in [2.24, 2.45) is 4.99 Å². The Morgan fingerprint density at radius 2 is 2.22 bits per heavy atom. The van der Waals surface area contributed by atoms with Crippen LogP contribution in [0.1, 0.15) is 18.2 Å². The SMILES string of the molecule is C/C=C\C(C#N)=C/C(=NC)c1cc(C#N)ccn1. The van der Waals surface area contributed by atoms with Gasteiger partial charge in [-0.15, -0.1) is 0 Å². The standard InChI is InChI=1S/C14H12N4/c1-3-4-11(9-15)7-13(17-2)14-8-12(10-16)5-6-18-14/h3-8H,1-2H3/b4-3-,11-7+,17-13?. The summed E-state index contributed by atoms with van der Waals surface area (Å²) in [5.41, 5.74) is 2.15. The van der Waals surface area contributed by atoms with Crippen molar-refractivity contribution < 1.29 is 0 Å². The van der Waals surface area contributed by atoms with Gasteiger partial charge in [0.25, 0.3) is 0 Å². The first-order chi connectivity index (χ1) is 8.74. The van der Waals surface area contributed by atoms with Gasteiger partial charge in [-0.2, -0.15) is 10.5 Å². The Hall–Kier alpha value is -2.72. The Balaban J connectivity index is 3.20. The molecule has 0 radical (unpaired) electrons. The molecular formula is C14H12N4. The highest BCUT2D eigenvalue weighted by atomic mass is 14.8. The van der Waals surface area contributed by atoms with E-state index in [1.165, 1.54) is 0 Å². The van der Waals surface area contributed by atoms with E-state index in [-0.39, 0.29) is 0 Å². The van der Waals surface area contributed by atoms with Crippen LogP contribution >= 0.6 is 0 Å². The lowest BCUT2D eigenvalue weighted by atomic mass is 10.1. The van der Waals surface area contributed by atoms with Gasteiger partial charge in [0.2, 0.25) is 0 Å². The van der Waals surface area contributed by atoms with Crippen LogP contribution < -0.4 is 0 Å². The summed E-state index contributed by atoms with van der Waals surface area (Å²) < 4.78 is 0. The summed E-state index contributed by atoms with van der Waals surface area (Å²) in [6.07, 6.45) is 6.67. The fourth-order valence-electron chi connectivity index (χ4n) is 1.34. The average Bonchev–Trinajstić information content (AvgIpc) is 2.43. The fourth-order valence-corrected chi connectivity index (χ4v) is 1.34. The van der Waals surface area contributed by atoms with E-state index in [4.69, 9.17) is 10.5 Å². The van der Waals surface area contributed by atoms with Gasteiger partial charge in [0.05, 0.1) is 34.7 Å². The van der Waals surface area contributed by atoms with Crippen molar-refractivity contribution >= 4 is 5.71 Å². The number of aliphatic imine (C=N–C) groups is 1. The molecule has 0 spiro atoms. The molecule has 88 valence electrons. The highest BCUT2D eigenvalue weighted by molar-refractivity contribution is 6.08. The van der Waals surface area contributed by atoms with Crippen LogP contribution in [0.4, 0.5) is 0 Å². The van der Waals surface area contributed by atoms with E-state index >= 15 is 0 Å². The zero-order chi connectivity index (χ0) is 13.4. The molecule has 0 atom stereocenters. The maximum Gasteiger partial charge on any atom is 0.0992 e. The van der Waals surface area contributed by atoms with Crippen molar-refractivity contribution in [3.8, 4) is 12.1 Å². The summed E-state index contributed by atoms with van der Waals surface area (Å²) in [5.74, 6) is 0. The number of rotatable bonds is 3. The lowest BCUT2D eigenvalue weighted by molar-refractivity contribution is 1.26. The molecule has 0 aliphatic rings. The van der Waals surface area contributed by atoms with Crippen LogP contribution in [-0.4, -0.2) is 17.7 Å². The molecule has 0 bridgehead atoms. The Bertz CT molecular complexity index is 595. The molecular weight excluding hydrogens is 224 g/mol. The molecule has 18 heavy (non-hydrogen) atoms. The van der Waals surface area contributed by atoms with E-state index in [1.54, 1.807) is 43.6 Å². The second-order valence-electron chi connectivity index (χ2n) is 3.36. The Labute approximate surface area is 106 Å². The third kappa shape index (κ3) is 3.40. The minimum Gasteiger partial charge on any atom is -0.286 e. The van der Waals surface area contributed by atoms with E-state index in [0.29, 0.717) is 22.5 Å². The van der Waals surface area contributed by atoms with Crippen LogP contribution in [0.15, 0.2) is 47.1 Å². The van der Waals surface area contributed by atoms with Gasteiger partial charge < -0.3 is 0 Å². The molecule has 1 aromatic heterocycles. The van der Waals surface area contributed by atoms with E-state index in [2.05, 4.69) is 16.0 Å². The van der Waals surface area contributed by atoms with Gasteiger partial charge in [-0.1, -0.05) is 6.08 Å². The van der Waals surface area contributed by atoms with Crippen LogP contribution in [-0.2, 0) is 0 Å². The van der Waals surface area contributed by atoms with E-state index in [0.717, 1.165) is 0 Å². The molecule has 0 unspecified atom stereocenters. The molecule has 1 rings (SSSR count). The Morgan fingerprint density at radius 1 is 1.44 bits per heavy atom. The molecule has 0 saturated carbocycles. The molecule has 0 fully saturated rings. The van der Waals surface area contributed by atoms with Crippen molar-refractivity contribution in [2.45, 2.75) is 6.92 Å². The third-order valence-corrected chi connectivity index (χ3v) is 2.16. The first-order valence-electron chi connectivity index (χ1n) is 5.33. The van der Waals surface area contributed by atoms with Gasteiger partial charge in [0.15, 0.2) is 0 Å². The van der Waals surface area contributed by atoms with Crippen molar-refractivity contribution in [1.29, 1.82) is 10.5 Å². The van der Waals surface area contributed by atoms with Gasteiger partial charge in [0, 0.05) is 13.2 Å². The minimum atomic E-state index is 0.488. The predicted octanol–water partition coefficient (Wildman–Crippen LogP) is 2.40. The molecule has 0 N–H and O–H groups in total. The number of allylic oxidation sites excluding steroid dienone is 4. The number of nitrogens with zero attached hydrogens (tertiary/aromatic N) is 4. The Morgan fingerprint density at radius 3 is 2.78 bits per heavy atom. The molecule has 1 aromatic rings. The second kappa shape index (κ2) is 6.78. The molecule has 0 aliphatic heterocycles. The van der Waals surface area contributed by atoms with Gasteiger partial charge in [-0.05, 0) is 31.2 Å². The van der Waals surface area contributed by atoms with Crippen LogP contribution in [0, 0.1) is 22.7 Å². The largest absolute Gasteiger partial charge is 0.286 e. The highest BCUT2D eigenvalue weighted by Gasteiger charge is 2.04. The van der Waals surface area contributed by atoms with Crippen molar-refractivity contribution in [3.63, 3.8) is 0 Å². The van der Waals surface area contributed by atoms with Crippen LogP contribution in [0.3, 0.4) is 0 Å². The summed E-state index contributed by atoms with van der Waals surface area (Å²) in [4.78, 5) is 8.23. The van der Waals surface area contributed by atoms with Gasteiger partial charge in [-0.3, -0.25) is 9.98 Å². The molecule has 4 nitrogen and oxygen atoms in total. The van der Waals surface area contributed by atoms with Crippen LogP contribution in [0.5, 0.6) is 0 Å². The number of nitriles is 2. The fraction of sp³-hybridized carbons (Fsp3) is 0.143. The molecule has 0 saturated heterocycles. The smallest absolute Gasteiger partial charge is 0.0992 e. The quantitative estimate of drug-likeness (QED) is 0.459. The molecule has 0 aromatic carbocycles. The van der Waals surface area contributed by atoms with Gasteiger partial charge in [0.1, 0.15) is 0 Å². The summed E-state index contributed by atoms with van der Waals surface area (Å²) in [7, 11) is 1.62. The highest BCUT2D eigenvalue weighted by Crippen LogP contribution is 2.06. The van der Waals surface area contributed by atoms with E-state index in [9.17, 15) is 0 Å². The molecule has 0 aliphatic carbocycles. The topological polar surface area (TPSA) is 72.8 Å². The maximum atomic E-state index is 8.95.